The van der Waals surface area contributed by atoms with Crippen LogP contribution in [0.3, 0.4) is 0 Å². The highest BCUT2D eigenvalue weighted by Gasteiger charge is 2.14. The summed E-state index contributed by atoms with van der Waals surface area (Å²) in [7, 11) is 1.59. The number of furan rings is 1. The summed E-state index contributed by atoms with van der Waals surface area (Å²) < 4.78 is 10.7. The second-order valence-corrected chi connectivity index (χ2v) is 4.86. The lowest BCUT2D eigenvalue weighted by Crippen LogP contribution is -2.10. The standard InChI is InChI=1S/C16H12ClNO3/c1-20-11-6-7-14-10(8-11)9-15(21-14)16(19)18-13-5-3-2-4-12(13)17/h2-9H,1H3,(H,18,19). The molecule has 0 saturated heterocycles. The van der Waals surface area contributed by atoms with Crippen LogP contribution < -0.4 is 10.1 Å². The normalized spacial score (nSPS) is 10.6. The summed E-state index contributed by atoms with van der Waals surface area (Å²) in [6, 6.07) is 14.1. The summed E-state index contributed by atoms with van der Waals surface area (Å²) in [5.74, 6) is 0.581. The predicted octanol–water partition coefficient (Wildman–Crippen LogP) is 4.35. The molecule has 0 aliphatic rings. The topological polar surface area (TPSA) is 51.5 Å². The molecule has 21 heavy (non-hydrogen) atoms. The number of methoxy groups -OCH3 is 1. The Kier molecular flexibility index (Phi) is 3.54. The summed E-state index contributed by atoms with van der Waals surface area (Å²) in [6.07, 6.45) is 0. The number of halogens is 1. The van der Waals surface area contributed by atoms with Gasteiger partial charge in [-0.15, -0.1) is 0 Å². The van der Waals surface area contributed by atoms with E-state index in [1.54, 1.807) is 49.6 Å². The molecule has 0 bridgehead atoms. The first kappa shape index (κ1) is 13.5. The number of hydrogen-bond acceptors (Lipinski definition) is 3. The second kappa shape index (κ2) is 5.50. The smallest absolute Gasteiger partial charge is 0.291 e. The van der Waals surface area contributed by atoms with E-state index in [1.807, 2.05) is 6.07 Å². The molecular formula is C16H12ClNO3. The Morgan fingerprint density at radius 1 is 1.19 bits per heavy atom. The number of carbonyl (C=O) groups is 1. The minimum atomic E-state index is -0.349. The highest BCUT2D eigenvalue weighted by Crippen LogP contribution is 2.26. The van der Waals surface area contributed by atoms with Gasteiger partial charge >= 0.3 is 0 Å². The highest BCUT2D eigenvalue weighted by molar-refractivity contribution is 6.33. The maximum Gasteiger partial charge on any atom is 0.291 e. The second-order valence-electron chi connectivity index (χ2n) is 4.45. The third-order valence-corrected chi connectivity index (χ3v) is 3.40. The van der Waals surface area contributed by atoms with Crippen LogP contribution in [-0.4, -0.2) is 13.0 Å². The molecule has 3 rings (SSSR count). The molecule has 0 radical (unpaired) electrons. The minimum Gasteiger partial charge on any atom is -0.497 e. The number of nitrogens with one attached hydrogen (secondary N) is 1. The summed E-state index contributed by atoms with van der Waals surface area (Å²) in [5.41, 5.74) is 1.17. The molecule has 0 unspecified atom stereocenters. The SMILES string of the molecule is COc1ccc2oc(C(=O)Nc3ccccc3Cl)cc2c1. The third-order valence-electron chi connectivity index (χ3n) is 3.07. The Labute approximate surface area is 126 Å². The Balaban J connectivity index is 1.89. The van der Waals surface area contributed by atoms with Gasteiger partial charge in [-0.2, -0.15) is 0 Å². The average molecular weight is 302 g/mol. The molecule has 1 aromatic heterocycles. The zero-order chi connectivity index (χ0) is 14.8. The van der Waals surface area contributed by atoms with Crippen molar-refractivity contribution in [1.82, 2.24) is 0 Å². The van der Waals surface area contributed by atoms with Crippen molar-refractivity contribution in [3.63, 3.8) is 0 Å². The maximum absolute atomic E-state index is 12.2. The predicted molar refractivity (Wildman–Crippen MR) is 82.2 cm³/mol. The van der Waals surface area contributed by atoms with Crippen molar-refractivity contribution < 1.29 is 13.9 Å². The van der Waals surface area contributed by atoms with E-state index < -0.39 is 0 Å². The van der Waals surface area contributed by atoms with Crippen molar-refractivity contribution in [2.75, 3.05) is 12.4 Å². The van der Waals surface area contributed by atoms with Crippen molar-refractivity contribution in [3.8, 4) is 5.75 Å². The van der Waals surface area contributed by atoms with Crippen LogP contribution in [0.25, 0.3) is 11.0 Å². The number of hydrogen-bond donors (Lipinski definition) is 1. The van der Waals surface area contributed by atoms with Gasteiger partial charge in [0.2, 0.25) is 0 Å². The lowest BCUT2D eigenvalue weighted by molar-refractivity contribution is 0.0998. The molecule has 1 amide bonds. The summed E-state index contributed by atoms with van der Waals surface area (Å²) >= 11 is 6.01. The molecule has 0 aliphatic carbocycles. The van der Waals surface area contributed by atoms with Crippen molar-refractivity contribution >= 4 is 34.2 Å². The zero-order valence-electron chi connectivity index (χ0n) is 11.2. The molecule has 0 saturated carbocycles. The van der Waals surface area contributed by atoms with Gasteiger partial charge in [-0.05, 0) is 36.4 Å². The van der Waals surface area contributed by atoms with Crippen molar-refractivity contribution in [3.05, 3.63) is 59.3 Å². The van der Waals surface area contributed by atoms with Gasteiger partial charge in [-0.25, -0.2) is 0 Å². The van der Waals surface area contributed by atoms with Gasteiger partial charge in [0.1, 0.15) is 11.3 Å². The number of rotatable bonds is 3. The van der Waals surface area contributed by atoms with Crippen LogP contribution in [0.4, 0.5) is 5.69 Å². The van der Waals surface area contributed by atoms with Gasteiger partial charge in [-0.3, -0.25) is 4.79 Å². The van der Waals surface area contributed by atoms with Gasteiger partial charge in [-0.1, -0.05) is 23.7 Å². The highest BCUT2D eigenvalue weighted by atomic mass is 35.5. The zero-order valence-corrected chi connectivity index (χ0v) is 12.0. The van der Waals surface area contributed by atoms with Gasteiger partial charge in [0.25, 0.3) is 5.91 Å². The number of anilines is 1. The largest absolute Gasteiger partial charge is 0.497 e. The molecule has 0 spiro atoms. The van der Waals surface area contributed by atoms with E-state index >= 15 is 0 Å². The Morgan fingerprint density at radius 2 is 2.00 bits per heavy atom. The average Bonchev–Trinajstić information content (AvgIpc) is 2.92. The quantitative estimate of drug-likeness (QED) is 0.782. The van der Waals surface area contributed by atoms with Crippen LogP contribution in [0.2, 0.25) is 5.02 Å². The first-order valence-electron chi connectivity index (χ1n) is 6.31. The van der Waals surface area contributed by atoms with Gasteiger partial charge in [0, 0.05) is 5.39 Å². The summed E-state index contributed by atoms with van der Waals surface area (Å²) in [5, 5.41) is 4.00. The lowest BCUT2D eigenvalue weighted by atomic mass is 10.2. The molecule has 5 heteroatoms. The van der Waals surface area contributed by atoms with Crippen LogP contribution in [0, 0.1) is 0 Å². The molecule has 4 nitrogen and oxygen atoms in total. The Morgan fingerprint density at radius 3 is 2.76 bits per heavy atom. The third kappa shape index (κ3) is 2.71. The lowest BCUT2D eigenvalue weighted by Gasteiger charge is -2.04. The molecule has 0 fully saturated rings. The Bertz CT molecular complexity index is 810. The number of fused-ring (bicyclic) bond motifs is 1. The van der Waals surface area contributed by atoms with E-state index in [0.29, 0.717) is 22.0 Å². The molecule has 0 aliphatic heterocycles. The van der Waals surface area contributed by atoms with Gasteiger partial charge < -0.3 is 14.5 Å². The van der Waals surface area contributed by atoms with E-state index in [0.717, 1.165) is 5.39 Å². The summed E-state index contributed by atoms with van der Waals surface area (Å²) in [6.45, 7) is 0. The van der Waals surface area contributed by atoms with Crippen LogP contribution in [0.1, 0.15) is 10.6 Å². The molecule has 0 atom stereocenters. The van der Waals surface area contributed by atoms with Crippen LogP contribution in [0.5, 0.6) is 5.75 Å². The molecule has 1 N–H and O–H groups in total. The van der Waals surface area contributed by atoms with Crippen molar-refractivity contribution in [2.24, 2.45) is 0 Å². The monoisotopic (exact) mass is 301 g/mol. The Hall–Kier alpha value is -2.46. The number of ether oxygens (including phenoxy) is 1. The van der Waals surface area contributed by atoms with Crippen LogP contribution in [-0.2, 0) is 0 Å². The first-order chi connectivity index (χ1) is 10.2. The fourth-order valence-electron chi connectivity index (χ4n) is 2.01. The molecule has 3 aromatic rings. The van der Waals surface area contributed by atoms with E-state index in [4.69, 9.17) is 20.8 Å². The van der Waals surface area contributed by atoms with E-state index in [1.165, 1.54) is 0 Å². The molecule has 1 heterocycles. The van der Waals surface area contributed by atoms with Gasteiger partial charge in [0.05, 0.1) is 17.8 Å². The minimum absolute atomic E-state index is 0.221. The molecule has 2 aromatic carbocycles. The van der Waals surface area contributed by atoms with Crippen molar-refractivity contribution in [2.45, 2.75) is 0 Å². The molecule has 106 valence electrons. The first-order valence-corrected chi connectivity index (χ1v) is 6.68. The van der Waals surface area contributed by atoms with E-state index in [9.17, 15) is 4.79 Å². The number of benzene rings is 2. The number of para-hydroxylation sites is 1. The summed E-state index contributed by atoms with van der Waals surface area (Å²) in [4.78, 5) is 12.2. The molecular weight excluding hydrogens is 290 g/mol. The van der Waals surface area contributed by atoms with E-state index in [-0.39, 0.29) is 11.7 Å². The van der Waals surface area contributed by atoms with Crippen molar-refractivity contribution in [1.29, 1.82) is 0 Å². The fourth-order valence-corrected chi connectivity index (χ4v) is 2.19. The van der Waals surface area contributed by atoms with Gasteiger partial charge in [0.15, 0.2) is 5.76 Å². The number of carbonyl (C=O) groups excluding carboxylic acids is 1. The number of amides is 1. The fraction of sp³-hybridized carbons (Fsp3) is 0.0625. The van der Waals surface area contributed by atoms with Crippen LogP contribution in [0.15, 0.2) is 52.9 Å². The maximum atomic E-state index is 12.2. The van der Waals surface area contributed by atoms with E-state index in [2.05, 4.69) is 5.32 Å². The van der Waals surface area contributed by atoms with Crippen LogP contribution >= 0.6 is 11.6 Å².